The van der Waals surface area contributed by atoms with E-state index in [1.807, 2.05) is 32.0 Å². The number of anilines is 3. The first-order chi connectivity index (χ1) is 16.4. The van der Waals surface area contributed by atoms with Crippen molar-refractivity contribution in [3.8, 4) is 11.4 Å². The van der Waals surface area contributed by atoms with Crippen molar-refractivity contribution in [1.82, 2.24) is 19.7 Å². The summed E-state index contributed by atoms with van der Waals surface area (Å²) in [4.78, 5) is 9.05. The molecule has 0 atom stereocenters. The highest BCUT2D eigenvalue weighted by atomic mass is 19.1. The van der Waals surface area contributed by atoms with E-state index in [0.29, 0.717) is 12.0 Å². The number of rotatable bonds is 7. The molecular formula is C24H30F2N6O2. The predicted molar refractivity (Wildman–Crippen MR) is 127 cm³/mol. The van der Waals surface area contributed by atoms with Crippen LogP contribution >= 0.6 is 0 Å². The molecule has 2 aromatic carbocycles. The second-order valence-corrected chi connectivity index (χ2v) is 8.85. The normalized spacial score (nSPS) is 17.1. The molecule has 0 unspecified atom stereocenters. The van der Waals surface area contributed by atoms with Gasteiger partial charge in [0, 0.05) is 63.2 Å². The van der Waals surface area contributed by atoms with Crippen molar-refractivity contribution in [3.05, 3.63) is 54.4 Å². The van der Waals surface area contributed by atoms with E-state index in [4.69, 9.17) is 9.47 Å². The van der Waals surface area contributed by atoms with E-state index in [0.717, 1.165) is 62.6 Å². The zero-order valence-corrected chi connectivity index (χ0v) is 19.2. The largest absolute Gasteiger partial charge is 0.491 e. The van der Waals surface area contributed by atoms with Crippen LogP contribution in [0.25, 0.3) is 5.69 Å². The monoisotopic (exact) mass is 472 g/mol. The number of nitrogens with zero attached hydrogens (tertiary/aromatic N) is 5. The summed E-state index contributed by atoms with van der Waals surface area (Å²) in [6.45, 7) is 9.41. The Balaban J connectivity index is 0.00000289. The van der Waals surface area contributed by atoms with Gasteiger partial charge in [-0.15, -0.1) is 5.10 Å². The molecule has 1 N–H and O–H groups in total. The quantitative estimate of drug-likeness (QED) is 0.560. The third-order valence-corrected chi connectivity index (χ3v) is 5.91. The molecule has 3 heterocycles. The number of nitrogens with one attached hydrogen (secondary N) is 1. The highest BCUT2D eigenvalue weighted by Gasteiger charge is 2.33. The lowest BCUT2D eigenvalue weighted by atomic mass is 10.0. The van der Waals surface area contributed by atoms with Crippen LogP contribution in [0, 0.1) is 11.6 Å². The molecule has 5 rings (SSSR count). The van der Waals surface area contributed by atoms with Crippen LogP contribution in [-0.2, 0) is 4.74 Å². The van der Waals surface area contributed by atoms with E-state index < -0.39 is 11.6 Å². The summed E-state index contributed by atoms with van der Waals surface area (Å²) < 4.78 is 39.9. The Bertz CT molecular complexity index is 1130. The van der Waals surface area contributed by atoms with E-state index >= 15 is 0 Å². The number of aromatic nitrogens is 3. The van der Waals surface area contributed by atoms with Gasteiger partial charge in [-0.1, -0.05) is 0 Å². The van der Waals surface area contributed by atoms with Crippen LogP contribution in [0.15, 0.2) is 42.7 Å². The summed E-state index contributed by atoms with van der Waals surface area (Å²) in [6.07, 6.45) is 1.44. The first kappa shape index (κ1) is 22.5. The van der Waals surface area contributed by atoms with E-state index in [2.05, 4.69) is 25.2 Å². The summed E-state index contributed by atoms with van der Waals surface area (Å²) in [5, 5.41) is 7.51. The number of hydrogen-bond donors (Lipinski definition) is 1. The fourth-order valence-corrected chi connectivity index (χ4v) is 4.26. The molecule has 0 bridgehead atoms. The van der Waals surface area contributed by atoms with Gasteiger partial charge in [0.1, 0.15) is 23.7 Å². The van der Waals surface area contributed by atoms with Crippen LogP contribution < -0.4 is 15.0 Å². The fourth-order valence-electron chi connectivity index (χ4n) is 4.26. The molecule has 0 spiro atoms. The average molecular weight is 473 g/mol. The van der Waals surface area contributed by atoms with Crippen molar-refractivity contribution >= 4 is 17.3 Å². The van der Waals surface area contributed by atoms with Gasteiger partial charge < -0.3 is 19.7 Å². The Morgan fingerprint density at radius 1 is 1.03 bits per heavy atom. The summed E-state index contributed by atoms with van der Waals surface area (Å²) in [5.41, 5.74) is 2.08. The van der Waals surface area contributed by atoms with E-state index in [-0.39, 0.29) is 13.2 Å². The molecule has 2 saturated heterocycles. The SMILES string of the molecule is CC(C)Oc1cc(Nc2ncn(-c3cc(F)cc(F)c3)n2)cc(N2CC(N3CCOCC3)C2)c1.[HH]. The van der Waals surface area contributed by atoms with Crippen molar-refractivity contribution in [3.63, 3.8) is 0 Å². The van der Waals surface area contributed by atoms with Crippen molar-refractivity contribution in [2.24, 2.45) is 0 Å². The minimum Gasteiger partial charge on any atom is -0.491 e. The molecule has 2 aliphatic heterocycles. The summed E-state index contributed by atoms with van der Waals surface area (Å²) in [7, 11) is 0. The maximum Gasteiger partial charge on any atom is 0.246 e. The number of halogens is 2. The number of morpholine rings is 1. The number of hydrogen-bond acceptors (Lipinski definition) is 7. The third-order valence-electron chi connectivity index (χ3n) is 5.91. The Labute approximate surface area is 198 Å². The topological polar surface area (TPSA) is 67.7 Å². The molecule has 1 aromatic heterocycles. The highest BCUT2D eigenvalue weighted by molar-refractivity contribution is 5.66. The number of benzene rings is 2. The van der Waals surface area contributed by atoms with Crippen LogP contribution in [0.5, 0.6) is 5.75 Å². The first-order valence-electron chi connectivity index (χ1n) is 11.5. The van der Waals surface area contributed by atoms with Gasteiger partial charge in [0.25, 0.3) is 0 Å². The van der Waals surface area contributed by atoms with Crippen LogP contribution in [-0.4, -0.2) is 71.2 Å². The van der Waals surface area contributed by atoms with Crippen molar-refractivity contribution in [1.29, 1.82) is 0 Å². The Kier molecular flexibility index (Phi) is 6.34. The van der Waals surface area contributed by atoms with Gasteiger partial charge in [0.05, 0.1) is 25.0 Å². The van der Waals surface area contributed by atoms with Gasteiger partial charge in [-0.3, -0.25) is 4.90 Å². The summed E-state index contributed by atoms with van der Waals surface area (Å²) in [5.74, 6) is -0.287. The molecule has 34 heavy (non-hydrogen) atoms. The molecule has 3 aromatic rings. The van der Waals surface area contributed by atoms with Crippen LogP contribution in [0.3, 0.4) is 0 Å². The molecule has 2 fully saturated rings. The van der Waals surface area contributed by atoms with E-state index in [9.17, 15) is 8.78 Å². The van der Waals surface area contributed by atoms with Gasteiger partial charge in [-0.05, 0) is 32.0 Å². The maximum atomic E-state index is 13.6. The molecule has 0 saturated carbocycles. The summed E-state index contributed by atoms with van der Waals surface area (Å²) in [6, 6.07) is 9.72. The lowest BCUT2D eigenvalue weighted by molar-refractivity contribution is 0.0105. The smallest absolute Gasteiger partial charge is 0.246 e. The second-order valence-electron chi connectivity index (χ2n) is 8.85. The lowest BCUT2D eigenvalue weighted by Gasteiger charge is -2.47. The van der Waals surface area contributed by atoms with Crippen LogP contribution in [0.2, 0.25) is 0 Å². The zero-order valence-electron chi connectivity index (χ0n) is 19.2. The Morgan fingerprint density at radius 3 is 2.47 bits per heavy atom. The van der Waals surface area contributed by atoms with Gasteiger partial charge in [0.2, 0.25) is 5.95 Å². The van der Waals surface area contributed by atoms with Crippen molar-refractivity contribution in [2.45, 2.75) is 26.0 Å². The number of ether oxygens (including phenoxy) is 2. The molecule has 0 amide bonds. The van der Waals surface area contributed by atoms with Crippen molar-refractivity contribution < 1.29 is 19.7 Å². The molecule has 0 aliphatic carbocycles. The maximum absolute atomic E-state index is 13.6. The Morgan fingerprint density at radius 2 is 1.76 bits per heavy atom. The average Bonchev–Trinajstić information content (AvgIpc) is 3.21. The molecule has 182 valence electrons. The van der Waals surface area contributed by atoms with Crippen molar-refractivity contribution in [2.75, 3.05) is 49.6 Å². The van der Waals surface area contributed by atoms with Crippen LogP contribution in [0.1, 0.15) is 15.3 Å². The fraction of sp³-hybridized carbons (Fsp3) is 0.417. The van der Waals surface area contributed by atoms with Gasteiger partial charge in [-0.2, -0.15) is 4.98 Å². The predicted octanol–water partition coefficient (Wildman–Crippen LogP) is 3.84. The second kappa shape index (κ2) is 9.55. The van der Waals surface area contributed by atoms with Crippen LogP contribution in [0.4, 0.5) is 26.1 Å². The summed E-state index contributed by atoms with van der Waals surface area (Å²) >= 11 is 0. The molecule has 0 radical (unpaired) electrons. The molecular weight excluding hydrogens is 442 g/mol. The zero-order chi connectivity index (χ0) is 23.7. The molecule has 10 heteroatoms. The standard InChI is InChI=1S/C24H28F2N6O2.H2/c1-16(2)34-23-11-19(10-20(12-23)31-13-22(14-31)30-3-5-33-6-4-30)28-24-27-15-32(29-24)21-8-17(25)7-18(26)9-21;/h7-12,15-16,22H,3-6,13-14H2,1-2H3,(H,28,29);1H. The highest BCUT2D eigenvalue weighted by Crippen LogP contribution is 2.32. The van der Waals surface area contributed by atoms with Gasteiger partial charge >= 0.3 is 0 Å². The first-order valence-corrected chi connectivity index (χ1v) is 11.5. The third kappa shape index (κ3) is 5.13. The van der Waals surface area contributed by atoms with Gasteiger partial charge in [-0.25, -0.2) is 13.5 Å². The van der Waals surface area contributed by atoms with Gasteiger partial charge in [0.15, 0.2) is 0 Å². The molecule has 8 nitrogen and oxygen atoms in total. The minimum absolute atomic E-state index is 0. The minimum atomic E-state index is -0.673. The van der Waals surface area contributed by atoms with E-state index in [1.54, 1.807) is 0 Å². The lowest BCUT2D eigenvalue weighted by Crippen LogP contribution is -2.61. The van der Waals surface area contributed by atoms with E-state index in [1.165, 1.54) is 23.1 Å². The Hall–Kier alpha value is -3.24. The molecule has 2 aliphatic rings.